The third-order valence-corrected chi connectivity index (χ3v) is 2.17. The number of carbonyl (C=O) groups is 2. The van der Waals surface area contributed by atoms with Crippen molar-refractivity contribution in [2.75, 3.05) is 0 Å². The van der Waals surface area contributed by atoms with Gasteiger partial charge < -0.3 is 4.84 Å². The second-order valence-corrected chi connectivity index (χ2v) is 4.23. The molecule has 1 aromatic rings. The summed E-state index contributed by atoms with van der Waals surface area (Å²) in [5.74, 6) is -0.986. The lowest BCUT2D eigenvalue weighted by Gasteiger charge is -2.01. The lowest BCUT2D eigenvalue weighted by Crippen LogP contribution is -2.14. The number of hydrogen-bond acceptors (Lipinski definition) is 4. The van der Waals surface area contributed by atoms with Crippen LogP contribution >= 0.6 is 34.8 Å². The monoisotopic (exact) mass is 293 g/mol. The van der Waals surface area contributed by atoms with Crippen LogP contribution in [0.2, 0.25) is 0 Å². The van der Waals surface area contributed by atoms with Gasteiger partial charge in [0.05, 0.1) is 0 Å². The molecule has 0 N–H and O–H groups in total. The average Bonchev–Trinajstić information content (AvgIpc) is 2.29. The fraction of sp³-hybridized carbons (Fsp3) is 0.100. The number of benzene rings is 1. The number of hydrogen-bond donors (Lipinski definition) is 0. The summed E-state index contributed by atoms with van der Waals surface area (Å²) in [6, 6.07) is 8.29. The minimum Gasteiger partial charge on any atom is -0.314 e. The van der Waals surface area contributed by atoms with Crippen LogP contribution in [0.1, 0.15) is 5.56 Å². The van der Waals surface area contributed by atoms with Crippen molar-refractivity contribution in [3.05, 3.63) is 35.9 Å². The van der Waals surface area contributed by atoms with Crippen molar-refractivity contribution < 1.29 is 14.4 Å². The smallest absolute Gasteiger partial charge is 0.314 e. The molecule has 0 fully saturated rings. The van der Waals surface area contributed by atoms with Gasteiger partial charge in [0.25, 0.3) is 5.24 Å². The Kier molecular flexibility index (Phi) is 5.41. The molecule has 4 nitrogen and oxygen atoms in total. The zero-order valence-corrected chi connectivity index (χ0v) is 10.5. The van der Waals surface area contributed by atoms with Gasteiger partial charge in [-0.15, -0.1) is 0 Å². The summed E-state index contributed by atoms with van der Waals surface area (Å²) in [5, 5.41) is 2.47. The van der Waals surface area contributed by atoms with Crippen molar-refractivity contribution in [2.24, 2.45) is 5.16 Å². The molecule has 0 unspecified atom stereocenters. The molecule has 0 saturated carbocycles. The zero-order valence-electron chi connectivity index (χ0n) is 8.27. The molecule has 0 saturated heterocycles. The molecule has 1 aromatic carbocycles. The van der Waals surface area contributed by atoms with E-state index < -0.39 is 16.0 Å². The van der Waals surface area contributed by atoms with Crippen molar-refractivity contribution in [2.45, 2.75) is 4.84 Å². The van der Waals surface area contributed by atoms with Crippen molar-refractivity contribution >= 4 is 51.7 Å². The van der Waals surface area contributed by atoms with Crippen LogP contribution in [0.15, 0.2) is 35.5 Å². The predicted molar refractivity (Wildman–Crippen MR) is 65.4 cm³/mol. The van der Waals surface area contributed by atoms with Crippen LogP contribution in [0.3, 0.4) is 0 Å². The highest BCUT2D eigenvalue weighted by atomic mass is 35.5. The lowest BCUT2D eigenvalue weighted by atomic mass is 10.1. The van der Waals surface area contributed by atoms with E-state index in [1.54, 1.807) is 30.3 Å². The number of oxime groups is 1. The molecule has 90 valence electrons. The molecule has 0 aliphatic carbocycles. The van der Waals surface area contributed by atoms with Crippen molar-refractivity contribution in [1.82, 2.24) is 0 Å². The normalized spacial score (nSPS) is 11.4. The molecule has 0 bridgehead atoms. The molecule has 0 aliphatic heterocycles. The zero-order chi connectivity index (χ0) is 12.8. The van der Waals surface area contributed by atoms with E-state index in [1.807, 2.05) is 0 Å². The van der Waals surface area contributed by atoms with E-state index in [1.165, 1.54) is 0 Å². The number of nitrogens with zero attached hydrogens (tertiary/aromatic N) is 1. The number of alkyl halides is 2. The first-order chi connectivity index (χ1) is 8.02. The molecular formula is C10H6Cl3NO3. The average molecular weight is 295 g/mol. The second kappa shape index (κ2) is 6.59. The topological polar surface area (TPSA) is 55.7 Å². The Hall–Kier alpha value is -1.10. The van der Waals surface area contributed by atoms with Gasteiger partial charge in [-0.05, 0) is 11.6 Å². The van der Waals surface area contributed by atoms with E-state index >= 15 is 0 Å². The van der Waals surface area contributed by atoms with Crippen LogP contribution in [-0.2, 0) is 14.4 Å². The fourth-order valence-electron chi connectivity index (χ4n) is 0.929. The molecule has 0 heterocycles. The molecule has 0 radical (unpaired) electrons. The highest BCUT2D eigenvalue weighted by Gasteiger charge is 2.16. The van der Waals surface area contributed by atoms with E-state index in [2.05, 4.69) is 9.99 Å². The molecular weight excluding hydrogens is 288 g/mol. The molecule has 0 aromatic heterocycles. The largest absolute Gasteiger partial charge is 0.367 e. The Balaban J connectivity index is 2.92. The number of carbonyl (C=O) groups excluding carboxylic acids is 2. The third-order valence-electron chi connectivity index (χ3n) is 1.64. The van der Waals surface area contributed by atoms with Gasteiger partial charge in [0.2, 0.25) is 4.84 Å². The quantitative estimate of drug-likeness (QED) is 0.282. The first-order valence-corrected chi connectivity index (χ1v) is 5.59. The molecule has 0 amide bonds. The molecule has 0 spiro atoms. The van der Waals surface area contributed by atoms with Crippen molar-refractivity contribution in [3.8, 4) is 0 Å². The van der Waals surface area contributed by atoms with Crippen LogP contribution in [0.25, 0.3) is 0 Å². The first kappa shape index (κ1) is 14.0. The minimum absolute atomic E-state index is 0.199. The summed E-state index contributed by atoms with van der Waals surface area (Å²) in [4.78, 5) is 25.0. The molecule has 17 heavy (non-hydrogen) atoms. The summed E-state index contributed by atoms with van der Waals surface area (Å²) >= 11 is 15.8. The number of rotatable bonds is 4. The SMILES string of the molecule is O=C(Cl)C(=NOC(=O)C(Cl)Cl)c1ccccc1. The fourth-order valence-corrected chi connectivity index (χ4v) is 1.15. The third kappa shape index (κ3) is 4.34. The predicted octanol–water partition coefficient (Wildman–Crippen LogP) is 2.50. The lowest BCUT2D eigenvalue weighted by molar-refractivity contribution is -0.141. The van der Waals surface area contributed by atoms with Gasteiger partial charge >= 0.3 is 5.97 Å². The highest BCUT2D eigenvalue weighted by Crippen LogP contribution is 2.08. The Morgan fingerprint density at radius 1 is 1.18 bits per heavy atom. The van der Waals surface area contributed by atoms with Gasteiger partial charge in [-0.2, -0.15) is 0 Å². The highest BCUT2D eigenvalue weighted by molar-refractivity contribution is 6.84. The Morgan fingerprint density at radius 3 is 2.24 bits per heavy atom. The van der Waals surface area contributed by atoms with Gasteiger partial charge in [-0.25, -0.2) is 4.79 Å². The summed E-state index contributed by atoms with van der Waals surface area (Å²) < 4.78 is 0. The van der Waals surface area contributed by atoms with Gasteiger partial charge in [-0.1, -0.05) is 58.7 Å². The van der Waals surface area contributed by atoms with Crippen LogP contribution in [0.5, 0.6) is 0 Å². The van der Waals surface area contributed by atoms with E-state index in [0.717, 1.165) is 0 Å². The summed E-state index contributed by atoms with van der Waals surface area (Å²) in [7, 11) is 0. The van der Waals surface area contributed by atoms with E-state index in [9.17, 15) is 9.59 Å². The molecule has 1 rings (SSSR count). The van der Waals surface area contributed by atoms with Crippen LogP contribution in [-0.4, -0.2) is 21.8 Å². The summed E-state index contributed by atoms with van der Waals surface area (Å²) in [5.41, 5.74) is 0.218. The van der Waals surface area contributed by atoms with Gasteiger partial charge in [0, 0.05) is 5.56 Å². The van der Waals surface area contributed by atoms with Gasteiger partial charge in [0.1, 0.15) is 0 Å². The van der Waals surface area contributed by atoms with Crippen molar-refractivity contribution in [1.29, 1.82) is 0 Å². The van der Waals surface area contributed by atoms with Gasteiger partial charge in [-0.3, -0.25) is 4.79 Å². The van der Waals surface area contributed by atoms with Gasteiger partial charge in [0.15, 0.2) is 5.71 Å². The Labute approximate surface area is 112 Å². The maximum absolute atomic E-state index is 11.1. The number of halogens is 3. The standard InChI is InChI=1S/C10H6Cl3NO3/c11-8(12)10(16)17-14-7(9(13)15)6-4-2-1-3-5-6/h1-5,8H. The van der Waals surface area contributed by atoms with E-state index in [-0.39, 0.29) is 5.71 Å². The summed E-state index contributed by atoms with van der Waals surface area (Å²) in [6.07, 6.45) is 0. The van der Waals surface area contributed by atoms with Crippen LogP contribution in [0.4, 0.5) is 0 Å². The maximum atomic E-state index is 11.1. The van der Waals surface area contributed by atoms with E-state index in [0.29, 0.717) is 5.56 Å². The summed E-state index contributed by atoms with van der Waals surface area (Å²) in [6.45, 7) is 0. The van der Waals surface area contributed by atoms with E-state index in [4.69, 9.17) is 34.8 Å². The van der Waals surface area contributed by atoms with Crippen LogP contribution in [0, 0.1) is 0 Å². The Morgan fingerprint density at radius 2 is 1.76 bits per heavy atom. The van der Waals surface area contributed by atoms with Crippen molar-refractivity contribution in [3.63, 3.8) is 0 Å². The maximum Gasteiger partial charge on any atom is 0.367 e. The Bertz CT molecular complexity index is 445. The molecule has 0 atom stereocenters. The second-order valence-electron chi connectivity index (χ2n) is 2.79. The molecule has 0 aliphatic rings. The first-order valence-electron chi connectivity index (χ1n) is 4.34. The molecule has 7 heteroatoms. The minimum atomic E-state index is -1.37. The van der Waals surface area contributed by atoms with Crippen LogP contribution < -0.4 is 0 Å².